The fourth-order valence-corrected chi connectivity index (χ4v) is 3.58. The summed E-state index contributed by atoms with van der Waals surface area (Å²) in [5, 5.41) is 6.78. The second-order valence-corrected chi connectivity index (χ2v) is 7.23. The molecule has 1 aliphatic rings. The number of carbonyl (C=O) groups is 2. The zero-order chi connectivity index (χ0) is 21.3. The molecule has 1 fully saturated rings. The zero-order valence-corrected chi connectivity index (χ0v) is 16.5. The molecular formula is C20H23F3N4O2. The lowest BCUT2D eigenvalue weighted by Crippen LogP contribution is -2.33. The van der Waals surface area contributed by atoms with E-state index in [-0.39, 0.29) is 24.4 Å². The topological polar surface area (TPSA) is 67.2 Å². The van der Waals surface area contributed by atoms with Crippen molar-refractivity contribution in [1.82, 2.24) is 20.0 Å². The van der Waals surface area contributed by atoms with Crippen molar-refractivity contribution in [3.05, 3.63) is 46.8 Å². The summed E-state index contributed by atoms with van der Waals surface area (Å²) < 4.78 is 42.3. The molecule has 0 bridgehead atoms. The largest absolute Gasteiger partial charge is 0.416 e. The van der Waals surface area contributed by atoms with Crippen LogP contribution in [-0.4, -0.2) is 39.6 Å². The SMILES string of the molecule is CCN1CC(C(=O)NCc2ccc(-n3nc(C)cc3C)cc2C(F)(F)F)CC1=O. The van der Waals surface area contributed by atoms with Crippen molar-refractivity contribution < 1.29 is 22.8 Å². The molecule has 1 saturated heterocycles. The van der Waals surface area contributed by atoms with Gasteiger partial charge >= 0.3 is 6.18 Å². The molecule has 29 heavy (non-hydrogen) atoms. The lowest BCUT2D eigenvalue weighted by molar-refractivity contribution is -0.138. The Kier molecular flexibility index (Phi) is 5.68. The van der Waals surface area contributed by atoms with E-state index in [4.69, 9.17) is 0 Å². The number of carbonyl (C=O) groups excluding carboxylic acids is 2. The second kappa shape index (κ2) is 7.88. The molecule has 1 unspecified atom stereocenters. The fraction of sp³-hybridized carbons (Fsp3) is 0.450. The van der Waals surface area contributed by atoms with E-state index >= 15 is 0 Å². The molecule has 156 valence electrons. The first-order chi connectivity index (χ1) is 13.6. The van der Waals surface area contributed by atoms with Crippen LogP contribution in [-0.2, 0) is 22.3 Å². The number of nitrogens with one attached hydrogen (secondary N) is 1. The minimum Gasteiger partial charge on any atom is -0.352 e. The number of likely N-dealkylation sites (tertiary alicyclic amines) is 1. The summed E-state index contributed by atoms with van der Waals surface area (Å²) in [5.74, 6) is -1.06. The summed E-state index contributed by atoms with van der Waals surface area (Å²) in [7, 11) is 0. The molecule has 2 heterocycles. The van der Waals surface area contributed by atoms with Crippen molar-refractivity contribution in [3.63, 3.8) is 0 Å². The monoisotopic (exact) mass is 408 g/mol. The lowest BCUT2D eigenvalue weighted by atomic mass is 10.0. The molecule has 2 amide bonds. The fourth-order valence-electron chi connectivity index (χ4n) is 3.58. The van der Waals surface area contributed by atoms with Gasteiger partial charge in [0.05, 0.1) is 22.9 Å². The Bertz CT molecular complexity index is 936. The minimum atomic E-state index is -4.57. The quantitative estimate of drug-likeness (QED) is 0.827. The maximum absolute atomic E-state index is 13.6. The number of aryl methyl sites for hydroxylation is 2. The molecule has 1 atom stereocenters. The molecular weight excluding hydrogens is 385 g/mol. The number of aromatic nitrogens is 2. The smallest absolute Gasteiger partial charge is 0.352 e. The average Bonchev–Trinajstić information content (AvgIpc) is 3.20. The summed E-state index contributed by atoms with van der Waals surface area (Å²) in [6.07, 6.45) is -4.49. The van der Waals surface area contributed by atoms with E-state index in [0.717, 1.165) is 11.8 Å². The highest BCUT2D eigenvalue weighted by molar-refractivity contribution is 5.89. The van der Waals surface area contributed by atoms with Crippen LogP contribution in [0.25, 0.3) is 5.69 Å². The van der Waals surface area contributed by atoms with Gasteiger partial charge < -0.3 is 10.2 Å². The van der Waals surface area contributed by atoms with Gasteiger partial charge in [0.1, 0.15) is 0 Å². The van der Waals surface area contributed by atoms with E-state index in [0.29, 0.717) is 24.5 Å². The van der Waals surface area contributed by atoms with Gasteiger partial charge in [-0.2, -0.15) is 18.3 Å². The summed E-state index contributed by atoms with van der Waals surface area (Å²) in [6.45, 7) is 5.90. The van der Waals surface area contributed by atoms with Gasteiger partial charge in [-0.05, 0) is 44.5 Å². The minimum absolute atomic E-state index is 0.0344. The van der Waals surface area contributed by atoms with Gasteiger partial charge in [-0.3, -0.25) is 9.59 Å². The molecule has 1 aliphatic heterocycles. The van der Waals surface area contributed by atoms with Crippen molar-refractivity contribution in [2.24, 2.45) is 5.92 Å². The Hall–Kier alpha value is -2.84. The van der Waals surface area contributed by atoms with Gasteiger partial charge in [-0.25, -0.2) is 4.68 Å². The van der Waals surface area contributed by atoms with Crippen LogP contribution in [0.3, 0.4) is 0 Å². The third-order valence-corrected chi connectivity index (χ3v) is 5.07. The highest BCUT2D eigenvalue weighted by atomic mass is 19.4. The summed E-state index contributed by atoms with van der Waals surface area (Å²) in [5.41, 5.74) is 0.883. The lowest BCUT2D eigenvalue weighted by Gasteiger charge is -2.17. The van der Waals surface area contributed by atoms with Gasteiger partial charge in [0.15, 0.2) is 0 Å². The average molecular weight is 408 g/mol. The number of hydrogen-bond acceptors (Lipinski definition) is 3. The van der Waals surface area contributed by atoms with E-state index in [1.807, 2.05) is 6.92 Å². The first-order valence-corrected chi connectivity index (χ1v) is 9.39. The first-order valence-electron chi connectivity index (χ1n) is 9.39. The normalized spacial score (nSPS) is 17.1. The molecule has 0 aliphatic carbocycles. The van der Waals surface area contributed by atoms with Crippen LogP contribution < -0.4 is 5.32 Å². The van der Waals surface area contributed by atoms with Crippen LogP contribution in [0.4, 0.5) is 13.2 Å². The van der Waals surface area contributed by atoms with Crippen LogP contribution in [0.15, 0.2) is 24.3 Å². The summed E-state index contributed by atoms with van der Waals surface area (Å²) in [6, 6.07) is 5.73. The Balaban J connectivity index is 1.79. The van der Waals surface area contributed by atoms with Crippen molar-refractivity contribution in [1.29, 1.82) is 0 Å². The number of amides is 2. The van der Waals surface area contributed by atoms with Crippen molar-refractivity contribution in [2.45, 2.75) is 39.9 Å². The van der Waals surface area contributed by atoms with Crippen molar-refractivity contribution in [3.8, 4) is 5.69 Å². The van der Waals surface area contributed by atoms with Gasteiger partial charge in [-0.1, -0.05) is 6.07 Å². The number of hydrogen-bond donors (Lipinski definition) is 1. The van der Waals surface area contributed by atoms with Gasteiger partial charge in [0, 0.05) is 31.7 Å². The molecule has 3 rings (SSSR count). The number of alkyl halides is 3. The van der Waals surface area contributed by atoms with Crippen molar-refractivity contribution >= 4 is 11.8 Å². The molecule has 1 N–H and O–H groups in total. The van der Waals surface area contributed by atoms with E-state index in [9.17, 15) is 22.8 Å². The van der Waals surface area contributed by atoms with E-state index < -0.39 is 23.6 Å². The standard InChI is InChI=1S/C20H23F3N4O2/c1-4-26-11-15(8-18(26)28)19(29)24-10-14-5-6-16(9-17(14)20(21,22)23)27-13(3)7-12(2)25-27/h5-7,9,15H,4,8,10-11H2,1-3H3,(H,24,29). The van der Waals surface area contributed by atoms with Gasteiger partial charge in [0.25, 0.3) is 0 Å². The van der Waals surface area contributed by atoms with Crippen LogP contribution in [0.1, 0.15) is 35.9 Å². The van der Waals surface area contributed by atoms with Crippen molar-refractivity contribution in [2.75, 3.05) is 13.1 Å². The maximum atomic E-state index is 13.6. The Morgan fingerprint density at radius 3 is 2.55 bits per heavy atom. The van der Waals surface area contributed by atoms with E-state index in [1.165, 1.54) is 10.7 Å². The van der Waals surface area contributed by atoms with E-state index in [1.54, 1.807) is 30.9 Å². The molecule has 0 spiro atoms. The summed E-state index contributed by atoms with van der Waals surface area (Å²) >= 11 is 0. The number of nitrogens with zero attached hydrogens (tertiary/aromatic N) is 3. The third-order valence-electron chi connectivity index (χ3n) is 5.07. The highest BCUT2D eigenvalue weighted by Crippen LogP contribution is 2.34. The Morgan fingerprint density at radius 1 is 1.28 bits per heavy atom. The molecule has 9 heteroatoms. The second-order valence-electron chi connectivity index (χ2n) is 7.23. The van der Waals surface area contributed by atoms with Crippen LogP contribution in [0, 0.1) is 19.8 Å². The predicted molar refractivity (Wildman–Crippen MR) is 100 cm³/mol. The van der Waals surface area contributed by atoms with E-state index in [2.05, 4.69) is 10.4 Å². The van der Waals surface area contributed by atoms with Gasteiger partial charge in [-0.15, -0.1) is 0 Å². The molecule has 0 saturated carbocycles. The molecule has 0 radical (unpaired) electrons. The third kappa shape index (κ3) is 4.44. The number of rotatable bonds is 5. The number of benzene rings is 1. The summed E-state index contributed by atoms with van der Waals surface area (Å²) in [4.78, 5) is 25.7. The predicted octanol–water partition coefficient (Wildman–Crippen LogP) is 2.99. The number of halogens is 3. The van der Waals surface area contributed by atoms with Crippen LogP contribution in [0.2, 0.25) is 0 Å². The van der Waals surface area contributed by atoms with Crippen LogP contribution >= 0.6 is 0 Å². The highest BCUT2D eigenvalue weighted by Gasteiger charge is 2.35. The van der Waals surface area contributed by atoms with Crippen LogP contribution in [0.5, 0.6) is 0 Å². The Labute approximate surface area is 166 Å². The molecule has 1 aromatic heterocycles. The molecule has 6 nitrogen and oxygen atoms in total. The molecule has 1 aromatic carbocycles. The maximum Gasteiger partial charge on any atom is 0.416 e. The van der Waals surface area contributed by atoms with Gasteiger partial charge in [0.2, 0.25) is 11.8 Å². The zero-order valence-electron chi connectivity index (χ0n) is 16.5. The molecule has 2 aromatic rings. The Morgan fingerprint density at radius 2 is 2.00 bits per heavy atom. The first kappa shape index (κ1) is 20.9.